The first kappa shape index (κ1) is 15.0. The molecule has 0 unspecified atom stereocenters. The van der Waals surface area contributed by atoms with Crippen LogP contribution < -0.4 is 5.32 Å². The fraction of sp³-hybridized carbons (Fsp3) is 0.118. The largest absolute Gasteiger partial charge is 0.325 e. The molecule has 0 bridgehead atoms. The van der Waals surface area contributed by atoms with E-state index < -0.39 is 0 Å². The normalized spacial score (nSPS) is 13.4. The molecule has 1 N–H and O–H groups in total. The molecule has 1 aliphatic rings. The summed E-state index contributed by atoms with van der Waals surface area (Å²) in [6.45, 7) is 0.0348. The van der Waals surface area contributed by atoms with E-state index in [-0.39, 0.29) is 30.7 Å². The number of rotatable bonds is 4. The number of hydrogen-bond acceptors (Lipinski definition) is 5. The molecule has 25 heavy (non-hydrogen) atoms. The second-order valence-electron chi connectivity index (χ2n) is 5.62. The van der Waals surface area contributed by atoms with E-state index in [0.29, 0.717) is 22.5 Å². The number of fused-ring (bicyclic) bond motifs is 2. The summed E-state index contributed by atoms with van der Waals surface area (Å²) in [6, 6.07) is 10.1. The summed E-state index contributed by atoms with van der Waals surface area (Å²) in [5.41, 5.74) is 2.01. The quantitative estimate of drug-likeness (QED) is 0.726. The smallest absolute Gasteiger partial charge is 0.261 e. The summed E-state index contributed by atoms with van der Waals surface area (Å²) in [5, 5.41) is 10.4. The number of aromatic nitrogens is 3. The van der Waals surface area contributed by atoms with Crippen LogP contribution in [-0.2, 0) is 4.79 Å². The summed E-state index contributed by atoms with van der Waals surface area (Å²) >= 11 is 0. The van der Waals surface area contributed by atoms with Gasteiger partial charge in [0.15, 0.2) is 5.65 Å². The number of imide groups is 1. The molecule has 2 aromatic heterocycles. The van der Waals surface area contributed by atoms with Crippen LogP contribution in [0.5, 0.6) is 0 Å². The highest BCUT2D eigenvalue weighted by atomic mass is 16.2. The second-order valence-corrected chi connectivity index (χ2v) is 5.62. The van der Waals surface area contributed by atoms with E-state index in [0.717, 1.165) is 4.90 Å². The molecule has 0 radical (unpaired) electrons. The molecule has 3 amide bonds. The average molecular weight is 335 g/mol. The van der Waals surface area contributed by atoms with Gasteiger partial charge in [0.25, 0.3) is 11.8 Å². The molecule has 0 atom stereocenters. The Morgan fingerprint density at radius 2 is 1.76 bits per heavy atom. The third-order valence-corrected chi connectivity index (χ3v) is 4.02. The summed E-state index contributed by atoms with van der Waals surface area (Å²) in [5.74, 6) is -1.01. The van der Waals surface area contributed by atoms with Crippen molar-refractivity contribution in [2.45, 2.75) is 6.42 Å². The molecule has 3 aromatic rings. The van der Waals surface area contributed by atoms with Crippen LogP contribution in [0.4, 0.5) is 5.69 Å². The maximum absolute atomic E-state index is 12.3. The zero-order valence-electron chi connectivity index (χ0n) is 13.0. The van der Waals surface area contributed by atoms with Gasteiger partial charge in [-0.15, -0.1) is 10.2 Å². The van der Waals surface area contributed by atoms with E-state index >= 15 is 0 Å². The molecule has 8 nitrogen and oxygen atoms in total. The van der Waals surface area contributed by atoms with Gasteiger partial charge in [-0.25, -0.2) is 0 Å². The van der Waals surface area contributed by atoms with Crippen LogP contribution in [0.25, 0.3) is 5.65 Å². The van der Waals surface area contributed by atoms with Crippen molar-refractivity contribution < 1.29 is 14.4 Å². The maximum atomic E-state index is 12.3. The highest BCUT2D eigenvalue weighted by Crippen LogP contribution is 2.22. The van der Waals surface area contributed by atoms with Crippen molar-refractivity contribution in [2.24, 2.45) is 0 Å². The highest BCUT2D eigenvalue weighted by Gasteiger charge is 2.34. The third-order valence-electron chi connectivity index (χ3n) is 4.02. The fourth-order valence-electron chi connectivity index (χ4n) is 2.78. The van der Waals surface area contributed by atoms with Crippen molar-refractivity contribution in [3.63, 3.8) is 0 Å². The topological polar surface area (TPSA) is 96.7 Å². The Labute approximate surface area is 142 Å². The zero-order valence-corrected chi connectivity index (χ0v) is 13.0. The minimum absolute atomic E-state index is 0.0195. The summed E-state index contributed by atoms with van der Waals surface area (Å²) in [7, 11) is 0. The molecule has 8 heteroatoms. The molecule has 1 aliphatic heterocycles. The lowest BCUT2D eigenvalue weighted by Gasteiger charge is -2.13. The Morgan fingerprint density at radius 3 is 2.48 bits per heavy atom. The van der Waals surface area contributed by atoms with Crippen LogP contribution in [0.3, 0.4) is 0 Å². The molecular weight excluding hydrogens is 322 g/mol. The van der Waals surface area contributed by atoms with Crippen LogP contribution in [0.15, 0.2) is 48.9 Å². The molecule has 1 aromatic carbocycles. The Bertz CT molecular complexity index is 975. The second kappa shape index (κ2) is 5.82. The van der Waals surface area contributed by atoms with Gasteiger partial charge in [-0.3, -0.25) is 23.7 Å². The molecular formula is C17H13N5O3. The van der Waals surface area contributed by atoms with Crippen LogP contribution in [0.2, 0.25) is 0 Å². The third kappa shape index (κ3) is 2.63. The molecule has 0 spiro atoms. The first-order valence-corrected chi connectivity index (χ1v) is 7.68. The standard InChI is InChI=1S/C17H13N5O3/c23-15(19-11-5-6-14-20-18-10-21(14)9-11)7-8-22-16(24)12-3-1-2-4-13(12)17(22)25/h1-6,9-10H,7-8H2,(H,19,23). The number of anilines is 1. The van der Waals surface area contributed by atoms with Gasteiger partial charge in [-0.2, -0.15) is 0 Å². The van der Waals surface area contributed by atoms with Gasteiger partial charge in [0.2, 0.25) is 5.91 Å². The first-order valence-electron chi connectivity index (χ1n) is 7.68. The molecule has 0 fully saturated rings. The highest BCUT2D eigenvalue weighted by molar-refractivity contribution is 6.21. The average Bonchev–Trinajstić information content (AvgIpc) is 3.17. The maximum Gasteiger partial charge on any atom is 0.261 e. The van der Waals surface area contributed by atoms with Crippen molar-refractivity contribution in [1.82, 2.24) is 19.5 Å². The molecule has 0 aliphatic carbocycles. The van der Waals surface area contributed by atoms with E-state index in [1.54, 1.807) is 47.0 Å². The minimum atomic E-state index is -0.362. The number of nitrogens with zero attached hydrogens (tertiary/aromatic N) is 4. The molecule has 124 valence electrons. The van der Waals surface area contributed by atoms with Crippen LogP contribution in [-0.4, -0.2) is 43.8 Å². The number of nitrogens with one attached hydrogen (secondary N) is 1. The summed E-state index contributed by atoms with van der Waals surface area (Å²) in [4.78, 5) is 37.7. The van der Waals surface area contributed by atoms with Crippen molar-refractivity contribution in [3.05, 3.63) is 60.0 Å². The van der Waals surface area contributed by atoms with Gasteiger partial charge in [-0.1, -0.05) is 12.1 Å². The number of carbonyl (C=O) groups excluding carboxylic acids is 3. The minimum Gasteiger partial charge on any atom is -0.325 e. The molecule has 3 heterocycles. The van der Waals surface area contributed by atoms with Crippen molar-refractivity contribution >= 4 is 29.1 Å². The molecule has 0 saturated heterocycles. The van der Waals surface area contributed by atoms with E-state index in [2.05, 4.69) is 15.5 Å². The lowest BCUT2D eigenvalue weighted by Crippen LogP contribution is -2.32. The van der Waals surface area contributed by atoms with Gasteiger partial charge in [0.05, 0.1) is 16.8 Å². The van der Waals surface area contributed by atoms with Gasteiger partial charge >= 0.3 is 0 Å². The number of pyridine rings is 1. The fourth-order valence-corrected chi connectivity index (χ4v) is 2.78. The molecule has 4 rings (SSSR count). The van der Waals surface area contributed by atoms with Crippen LogP contribution >= 0.6 is 0 Å². The summed E-state index contributed by atoms with van der Waals surface area (Å²) < 4.78 is 1.68. The predicted octanol–water partition coefficient (Wildman–Crippen LogP) is 1.35. The molecule has 0 saturated carbocycles. The van der Waals surface area contributed by atoms with Crippen molar-refractivity contribution in [1.29, 1.82) is 0 Å². The monoisotopic (exact) mass is 335 g/mol. The van der Waals surface area contributed by atoms with Gasteiger partial charge < -0.3 is 5.32 Å². The Kier molecular flexibility index (Phi) is 3.50. The van der Waals surface area contributed by atoms with Crippen molar-refractivity contribution in [3.8, 4) is 0 Å². The van der Waals surface area contributed by atoms with E-state index in [9.17, 15) is 14.4 Å². The Morgan fingerprint density at radius 1 is 1.04 bits per heavy atom. The number of benzene rings is 1. The zero-order chi connectivity index (χ0) is 17.4. The predicted molar refractivity (Wildman–Crippen MR) is 88.0 cm³/mol. The van der Waals surface area contributed by atoms with Gasteiger partial charge in [-0.05, 0) is 24.3 Å². The first-order chi connectivity index (χ1) is 12.1. The van der Waals surface area contributed by atoms with Crippen LogP contribution in [0, 0.1) is 0 Å². The number of hydrogen-bond donors (Lipinski definition) is 1. The lowest BCUT2D eigenvalue weighted by atomic mass is 10.1. The van der Waals surface area contributed by atoms with Crippen LogP contribution in [0.1, 0.15) is 27.1 Å². The SMILES string of the molecule is O=C(CCN1C(=O)c2ccccc2C1=O)Nc1ccc2nncn2c1. The number of amides is 3. The van der Waals surface area contributed by atoms with Crippen molar-refractivity contribution in [2.75, 3.05) is 11.9 Å². The lowest BCUT2D eigenvalue weighted by molar-refractivity contribution is -0.116. The Hall–Kier alpha value is -3.55. The van der Waals surface area contributed by atoms with Gasteiger partial charge in [0.1, 0.15) is 6.33 Å². The Balaban J connectivity index is 1.41. The van der Waals surface area contributed by atoms with E-state index in [1.165, 1.54) is 6.33 Å². The van der Waals surface area contributed by atoms with E-state index in [4.69, 9.17) is 0 Å². The van der Waals surface area contributed by atoms with Gasteiger partial charge in [0, 0.05) is 19.2 Å². The number of carbonyl (C=O) groups is 3. The summed E-state index contributed by atoms with van der Waals surface area (Å²) in [6.07, 6.45) is 3.24. The van der Waals surface area contributed by atoms with E-state index in [1.807, 2.05) is 0 Å².